The largest absolute Gasteiger partial charge is 0.326 e. The van der Waals surface area contributed by atoms with Crippen LogP contribution in [0.1, 0.15) is 11.1 Å². The Kier molecular flexibility index (Phi) is 6.26. The van der Waals surface area contributed by atoms with Crippen LogP contribution in [0.25, 0.3) is 27.6 Å². The van der Waals surface area contributed by atoms with Gasteiger partial charge in [0.15, 0.2) is 0 Å². The minimum Gasteiger partial charge on any atom is -0.258 e. The lowest BCUT2D eigenvalue weighted by Gasteiger charge is -1.95. The van der Waals surface area contributed by atoms with Crippen molar-refractivity contribution in [2.75, 3.05) is 0 Å². The summed E-state index contributed by atoms with van der Waals surface area (Å²) in [5.74, 6) is 0. The molecule has 10 nitrogen and oxygen atoms in total. The van der Waals surface area contributed by atoms with Gasteiger partial charge in [-0.1, -0.05) is 22.7 Å². The Bertz CT molecular complexity index is 1790. The van der Waals surface area contributed by atoms with Crippen molar-refractivity contribution in [3.8, 4) is 11.3 Å². The Morgan fingerprint density at radius 2 is 1.11 bits per heavy atom. The van der Waals surface area contributed by atoms with E-state index in [1.165, 1.54) is 59.1 Å². The number of aromatic nitrogens is 1. The molecule has 0 fully saturated rings. The summed E-state index contributed by atoms with van der Waals surface area (Å²) < 4.78 is 3.87. The van der Waals surface area contributed by atoms with Gasteiger partial charge in [0.2, 0.25) is 11.0 Å². The molecule has 0 radical (unpaired) electrons. The standard InChI is InChI=1S/C25H15N4O6S2/c30-27(31)19-7-1-16(2-8-19)13-22-24(14-17-3-9-20(10-4-17)28(32)33)37-25-26(22)23(15-36-25)18-5-11-21(12-6-18)29(34)35/h1-15H/q+1. The second kappa shape index (κ2) is 9.68. The van der Waals surface area contributed by atoms with Crippen LogP contribution in [-0.2, 0) is 0 Å². The monoisotopic (exact) mass is 531 g/mol. The fourth-order valence-electron chi connectivity index (χ4n) is 3.75. The zero-order chi connectivity index (χ0) is 26.1. The van der Waals surface area contributed by atoms with Crippen molar-refractivity contribution in [1.82, 2.24) is 0 Å². The van der Waals surface area contributed by atoms with Gasteiger partial charge in [-0.2, -0.15) is 0 Å². The Morgan fingerprint density at radius 3 is 1.59 bits per heavy atom. The van der Waals surface area contributed by atoms with Crippen LogP contribution in [0.4, 0.5) is 17.1 Å². The molecule has 0 atom stereocenters. The van der Waals surface area contributed by atoms with Crippen LogP contribution < -0.4 is 14.3 Å². The van der Waals surface area contributed by atoms with Crippen LogP contribution in [0.5, 0.6) is 0 Å². The fourth-order valence-corrected chi connectivity index (χ4v) is 6.04. The molecular weight excluding hydrogens is 516 g/mol. The maximum Gasteiger partial charge on any atom is 0.326 e. The van der Waals surface area contributed by atoms with Crippen LogP contribution in [0.3, 0.4) is 0 Å². The lowest BCUT2D eigenvalue weighted by atomic mass is 10.1. The highest BCUT2D eigenvalue weighted by Crippen LogP contribution is 2.24. The number of thiazole rings is 2. The van der Waals surface area contributed by atoms with Crippen LogP contribution in [-0.4, -0.2) is 14.8 Å². The molecule has 0 saturated carbocycles. The fraction of sp³-hybridized carbons (Fsp3) is 0. The molecule has 0 unspecified atom stereocenters. The molecule has 182 valence electrons. The summed E-state index contributed by atoms with van der Waals surface area (Å²) in [5, 5.41) is 35.9. The second-order valence-corrected chi connectivity index (χ2v) is 10.0. The van der Waals surface area contributed by atoms with Crippen molar-refractivity contribution < 1.29 is 19.2 Å². The Labute approximate surface area is 215 Å². The van der Waals surface area contributed by atoms with Crippen molar-refractivity contribution in [2.24, 2.45) is 0 Å². The smallest absolute Gasteiger partial charge is 0.258 e. The maximum atomic E-state index is 11.1. The number of benzene rings is 3. The number of nitro benzene ring substituents is 3. The van der Waals surface area contributed by atoms with Gasteiger partial charge in [0.05, 0.1) is 20.1 Å². The molecule has 0 amide bonds. The van der Waals surface area contributed by atoms with Crippen LogP contribution >= 0.6 is 22.7 Å². The van der Waals surface area contributed by atoms with Gasteiger partial charge < -0.3 is 0 Å². The van der Waals surface area contributed by atoms with E-state index in [-0.39, 0.29) is 17.1 Å². The molecule has 5 rings (SSSR count). The van der Waals surface area contributed by atoms with E-state index in [9.17, 15) is 30.3 Å². The van der Waals surface area contributed by atoms with Gasteiger partial charge in [0, 0.05) is 48.0 Å². The zero-order valence-electron chi connectivity index (χ0n) is 18.7. The van der Waals surface area contributed by atoms with Crippen molar-refractivity contribution in [3.05, 3.63) is 130 Å². The lowest BCUT2D eigenvalue weighted by molar-refractivity contribution is -0.506. The maximum absolute atomic E-state index is 11.1. The quantitative estimate of drug-likeness (QED) is 0.179. The summed E-state index contributed by atoms with van der Waals surface area (Å²) in [4.78, 5) is 31.8. The first-order chi connectivity index (χ1) is 17.8. The molecule has 5 aromatic rings. The van der Waals surface area contributed by atoms with E-state index in [1.54, 1.807) is 36.4 Å². The third-order valence-corrected chi connectivity index (χ3v) is 7.74. The highest BCUT2D eigenvalue weighted by molar-refractivity contribution is 7.34. The van der Waals surface area contributed by atoms with Gasteiger partial charge in [-0.25, -0.2) is 0 Å². The normalized spacial score (nSPS) is 12.2. The van der Waals surface area contributed by atoms with Crippen LogP contribution in [0.2, 0.25) is 0 Å². The number of nitro groups is 3. The molecule has 0 aliphatic rings. The van der Waals surface area contributed by atoms with Crippen molar-refractivity contribution in [3.63, 3.8) is 0 Å². The summed E-state index contributed by atoms with van der Waals surface area (Å²) in [5.41, 5.74) is 3.13. The third-order valence-electron chi connectivity index (χ3n) is 5.57. The summed E-state index contributed by atoms with van der Waals surface area (Å²) >= 11 is 3.04. The molecule has 2 heterocycles. The van der Waals surface area contributed by atoms with Gasteiger partial charge in [-0.15, -0.1) is 4.40 Å². The average molecular weight is 532 g/mol. The van der Waals surface area contributed by atoms with Gasteiger partial charge in [-0.3, -0.25) is 30.3 Å². The highest BCUT2D eigenvalue weighted by Gasteiger charge is 2.22. The number of hydrogen-bond acceptors (Lipinski definition) is 8. The molecule has 0 saturated heterocycles. The molecule has 3 aromatic carbocycles. The Balaban J connectivity index is 1.73. The number of rotatable bonds is 6. The van der Waals surface area contributed by atoms with Gasteiger partial charge in [0.1, 0.15) is 4.53 Å². The minimum atomic E-state index is -0.458. The van der Waals surface area contributed by atoms with Crippen molar-refractivity contribution in [2.45, 2.75) is 0 Å². The SMILES string of the molecule is O=[N+]([O-])c1ccc(C=c2sc3scc(-c4ccc([N+](=O)[O-])cc4)[n+]3c2=Cc2ccc([N+](=O)[O-])cc2)cc1. The second-order valence-electron chi connectivity index (χ2n) is 7.86. The molecule has 0 spiro atoms. The van der Waals surface area contributed by atoms with Crippen molar-refractivity contribution >= 4 is 56.0 Å². The Hall–Kier alpha value is -4.81. The van der Waals surface area contributed by atoms with E-state index in [2.05, 4.69) is 0 Å². The number of nitrogens with zero attached hydrogens (tertiary/aromatic N) is 4. The van der Waals surface area contributed by atoms with E-state index < -0.39 is 14.8 Å². The number of non-ortho nitro benzene ring substituents is 3. The van der Waals surface area contributed by atoms with E-state index in [4.69, 9.17) is 0 Å². The van der Waals surface area contributed by atoms with Crippen LogP contribution in [0, 0.1) is 30.3 Å². The highest BCUT2D eigenvalue weighted by atomic mass is 32.2. The predicted molar refractivity (Wildman–Crippen MR) is 140 cm³/mol. The first kappa shape index (κ1) is 23.9. The molecule has 37 heavy (non-hydrogen) atoms. The van der Waals surface area contributed by atoms with E-state index in [1.807, 2.05) is 21.9 Å². The molecule has 0 bridgehead atoms. The molecule has 12 heteroatoms. The summed E-state index contributed by atoms with van der Waals surface area (Å²) in [6, 6.07) is 18.7. The minimum absolute atomic E-state index is 0.00295. The molecule has 2 aromatic heterocycles. The topological polar surface area (TPSA) is 134 Å². The van der Waals surface area contributed by atoms with Crippen molar-refractivity contribution in [1.29, 1.82) is 0 Å². The Morgan fingerprint density at radius 1 is 0.649 bits per heavy atom. The van der Waals surface area contributed by atoms with Gasteiger partial charge >= 0.3 is 4.14 Å². The lowest BCUT2D eigenvalue weighted by Crippen LogP contribution is -2.44. The van der Waals surface area contributed by atoms with E-state index in [0.717, 1.165) is 36.4 Å². The zero-order valence-corrected chi connectivity index (χ0v) is 20.3. The van der Waals surface area contributed by atoms with E-state index >= 15 is 0 Å². The van der Waals surface area contributed by atoms with Gasteiger partial charge in [0.25, 0.3) is 17.1 Å². The first-order valence-electron chi connectivity index (χ1n) is 10.7. The molecule has 0 aliphatic heterocycles. The van der Waals surface area contributed by atoms with Gasteiger partial charge in [-0.05, 0) is 53.6 Å². The number of fused-ring (bicyclic) bond motifs is 1. The summed E-state index contributed by atoms with van der Waals surface area (Å²) in [6.45, 7) is 0. The average Bonchev–Trinajstić information content (AvgIpc) is 3.44. The summed E-state index contributed by atoms with van der Waals surface area (Å²) in [6.07, 6.45) is 3.83. The van der Waals surface area contributed by atoms with E-state index in [0.29, 0.717) is 0 Å². The molecule has 0 N–H and O–H groups in total. The third kappa shape index (κ3) is 4.83. The predicted octanol–water partition coefficient (Wildman–Crippen LogP) is 4.60. The molecule has 0 aliphatic carbocycles. The first-order valence-corrected chi connectivity index (χ1v) is 12.4. The number of hydrogen-bond donors (Lipinski definition) is 0. The van der Waals surface area contributed by atoms with Crippen LogP contribution in [0.15, 0.2) is 78.2 Å². The summed E-state index contributed by atoms with van der Waals surface area (Å²) in [7, 11) is 0. The molecular formula is C25H15N4O6S2+.